The number of benzene rings is 2. The fraction of sp³-hybridized carbons (Fsp3) is 0.444. The van der Waals surface area contributed by atoms with Crippen LogP contribution in [-0.2, 0) is 19.1 Å². The molecule has 1 saturated carbocycles. The molecule has 2 atom stereocenters. The Morgan fingerprint density at radius 2 is 1.54 bits per heavy atom. The van der Waals surface area contributed by atoms with Crippen molar-refractivity contribution in [1.29, 1.82) is 0 Å². The highest BCUT2D eigenvalue weighted by Crippen LogP contribution is 2.52. The molecule has 2 aromatic rings. The van der Waals surface area contributed by atoms with Gasteiger partial charge in [-0.2, -0.15) is 0 Å². The van der Waals surface area contributed by atoms with Crippen LogP contribution in [0.15, 0.2) is 48.5 Å². The number of carboxylic acids is 1. The van der Waals surface area contributed by atoms with E-state index in [1.807, 2.05) is 24.3 Å². The van der Waals surface area contributed by atoms with Crippen molar-refractivity contribution < 1.29 is 29.0 Å². The largest absolute Gasteiger partial charge is 0.481 e. The third-order valence-electron chi connectivity index (χ3n) is 8.21. The fourth-order valence-corrected chi connectivity index (χ4v) is 6.30. The van der Waals surface area contributed by atoms with Gasteiger partial charge in [0.1, 0.15) is 12.1 Å². The maximum Gasteiger partial charge on any atom is 0.408 e. The van der Waals surface area contributed by atoms with Gasteiger partial charge >= 0.3 is 12.1 Å². The summed E-state index contributed by atoms with van der Waals surface area (Å²) in [6, 6.07) is 16.3. The molecule has 2 aromatic carbocycles. The number of carbonyl (C=O) groups is 3. The van der Waals surface area contributed by atoms with Gasteiger partial charge in [-0.1, -0.05) is 48.5 Å². The first-order chi connectivity index (χ1) is 17.0. The third kappa shape index (κ3) is 3.67. The van der Waals surface area contributed by atoms with Crippen molar-refractivity contribution in [2.75, 3.05) is 32.9 Å². The zero-order chi connectivity index (χ0) is 24.2. The van der Waals surface area contributed by atoms with Crippen molar-refractivity contribution >= 4 is 18.0 Å². The molecule has 35 heavy (non-hydrogen) atoms. The first-order valence-corrected chi connectivity index (χ1v) is 12.2. The number of nitrogens with zero attached hydrogens (tertiary/aromatic N) is 1. The minimum atomic E-state index is -1.09. The molecule has 2 amide bonds. The number of carbonyl (C=O) groups excluding carboxylic acids is 2. The van der Waals surface area contributed by atoms with E-state index in [2.05, 4.69) is 29.6 Å². The lowest BCUT2D eigenvalue weighted by Crippen LogP contribution is -2.62. The molecule has 8 nitrogen and oxygen atoms in total. The maximum absolute atomic E-state index is 13.5. The maximum atomic E-state index is 13.5. The van der Waals surface area contributed by atoms with Crippen LogP contribution in [0.5, 0.6) is 0 Å². The first kappa shape index (κ1) is 22.1. The number of carboxylic acid groups (broad SMARTS) is 1. The van der Waals surface area contributed by atoms with Crippen molar-refractivity contribution in [2.24, 2.45) is 17.8 Å². The second-order valence-electron chi connectivity index (χ2n) is 10.0. The van der Waals surface area contributed by atoms with E-state index in [1.54, 1.807) is 4.90 Å². The molecular weight excluding hydrogens is 448 g/mol. The van der Waals surface area contributed by atoms with E-state index in [1.165, 1.54) is 0 Å². The van der Waals surface area contributed by atoms with Gasteiger partial charge in [0, 0.05) is 45.1 Å². The number of ether oxygens (including phenoxy) is 2. The predicted octanol–water partition coefficient (Wildman–Crippen LogP) is 2.86. The van der Waals surface area contributed by atoms with Gasteiger partial charge in [0.15, 0.2) is 0 Å². The molecular formula is C27H28N2O6. The standard InChI is InChI=1S/C27H28N2O6/c30-24(31)23-20-13-29(14-21(20)23)25(32)27(9-11-34-12-10-27)28-26(33)35-15-22-18-7-3-1-5-16(18)17-6-2-4-8-19(17)22/h1-8,20-23H,9-15H2,(H,28,33)(H,30,31). The van der Waals surface area contributed by atoms with Crippen LogP contribution >= 0.6 is 0 Å². The number of alkyl carbamates (subject to hydrolysis) is 1. The Morgan fingerprint density at radius 1 is 0.971 bits per heavy atom. The molecule has 2 unspecified atom stereocenters. The Hall–Kier alpha value is -3.39. The Morgan fingerprint density at radius 3 is 2.11 bits per heavy atom. The molecule has 8 heteroatoms. The lowest BCUT2D eigenvalue weighted by molar-refractivity contribution is -0.144. The zero-order valence-electron chi connectivity index (χ0n) is 19.3. The lowest BCUT2D eigenvalue weighted by atomic mass is 9.88. The second kappa shape index (κ2) is 8.37. The molecule has 2 N–H and O–H groups in total. The van der Waals surface area contributed by atoms with Crippen LogP contribution in [0.4, 0.5) is 4.79 Å². The highest BCUT2D eigenvalue weighted by Gasteiger charge is 2.62. The van der Waals surface area contributed by atoms with Gasteiger partial charge in [0.2, 0.25) is 5.91 Å². The normalized spacial score (nSPS) is 25.8. The van der Waals surface area contributed by atoms with Crippen LogP contribution in [0.1, 0.15) is 29.9 Å². The summed E-state index contributed by atoms with van der Waals surface area (Å²) < 4.78 is 11.2. The quantitative estimate of drug-likeness (QED) is 0.688. The Bertz CT molecular complexity index is 1130. The van der Waals surface area contributed by atoms with Crippen LogP contribution in [0.3, 0.4) is 0 Å². The van der Waals surface area contributed by atoms with Gasteiger partial charge in [-0.05, 0) is 34.1 Å². The average molecular weight is 477 g/mol. The molecule has 2 aliphatic carbocycles. The molecule has 0 aromatic heterocycles. The number of piperidine rings is 1. The second-order valence-corrected chi connectivity index (χ2v) is 10.0. The first-order valence-electron chi connectivity index (χ1n) is 12.2. The van der Waals surface area contributed by atoms with E-state index in [9.17, 15) is 19.5 Å². The summed E-state index contributed by atoms with van der Waals surface area (Å²) in [6.45, 7) is 1.77. The fourth-order valence-electron chi connectivity index (χ4n) is 6.30. The summed E-state index contributed by atoms with van der Waals surface area (Å²) in [6.07, 6.45) is 0.115. The monoisotopic (exact) mass is 476 g/mol. The van der Waals surface area contributed by atoms with Crippen molar-refractivity contribution in [1.82, 2.24) is 10.2 Å². The molecule has 0 spiro atoms. The lowest BCUT2D eigenvalue weighted by Gasteiger charge is -2.39. The number of likely N-dealkylation sites (tertiary alicyclic amines) is 1. The van der Waals surface area contributed by atoms with Crippen LogP contribution in [0, 0.1) is 17.8 Å². The number of fused-ring (bicyclic) bond motifs is 4. The number of hydrogen-bond donors (Lipinski definition) is 2. The van der Waals surface area contributed by atoms with Crippen LogP contribution in [-0.4, -0.2) is 66.4 Å². The summed E-state index contributed by atoms with van der Waals surface area (Å²) in [5.74, 6) is -1.33. The Balaban J connectivity index is 1.14. The van der Waals surface area contributed by atoms with Crippen molar-refractivity contribution in [3.8, 4) is 11.1 Å². The van der Waals surface area contributed by atoms with E-state index >= 15 is 0 Å². The van der Waals surface area contributed by atoms with E-state index in [4.69, 9.17) is 9.47 Å². The third-order valence-corrected chi connectivity index (χ3v) is 8.21. The number of aliphatic carboxylic acids is 1. The van der Waals surface area contributed by atoms with Crippen molar-refractivity contribution in [2.45, 2.75) is 24.3 Å². The molecule has 3 fully saturated rings. The van der Waals surface area contributed by atoms with Crippen molar-refractivity contribution in [3.05, 3.63) is 59.7 Å². The average Bonchev–Trinajstić information content (AvgIpc) is 3.23. The van der Waals surface area contributed by atoms with Gasteiger partial charge < -0.3 is 24.8 Å². The topological polar surface area (TPSA) is 105 Å². The molecule has 182 valence electrons. The predicted molar refractivity (Wildman–Crippen MR) is 126 cm³/mol. The molecule has 0 radical (unpaired) electrons. The van der Waals surface area contributed by atoms with E-state index in [0.29, 0.717) is 39.1 Å². The number of rotatable bonds is 5. The summed E-state index contributed by atoms with van der Waals surface area (Å²) >= 11 is 0. The van der Waals surface area contributed by atoms with Gasteiger partial charge in [-0.15, -0.1) is 0 Å². The molecule has 2 aliphatic heterocycles. The highest BCUT2D eigenvalue weighted by molar-refractivity contribution is 5.91. The minimum absolute atomic E-state index is 0.0165. The summed E-state index contributed by atoms with van der Waals surface area (Å²) in [5.41, 5.74) is 3.47. The smallest absolute Gasteiger partial charge is 0.408 e. The molecule has 2 heterocycles. The zero-order valence-corrected chi connectivity index (χ0v) is 19.3. The molecule has 6 rings (SSSR count). The Kier molecular flexibility index (Phi) is 5.29. The summed E-state index contributed by atoms with van der Waals surface area (Å²) in [4.78, 5) is 39.6. The van der Waals surface area contributed by atoms with Gasteiger partial charge in [-0.25, -0.2) is 4.79 Å². The van der Waals surface area contributed by atoms with E-state index in [-0.39, 0.29) is 36.2 Å². The highest BCUT2D eigenvalue weighted by atomic mass is 16.5. The van der Waals surface area contributed by atoms with Crippen molar-refractivity contribution in [3.63, 3.8) is 0 Å². The Labute approximate surface area is 203 Å². The SMILES string of the molecule is O=C(NC1(C(=O)N2CC3C(C2)C3C(=O)O)CCOCC1)OCC1c2ccccc2-c2ccccc21. The van der Waals surface area contributed by atoms with Gasteiger partial charge in [0.05, 0.1) is 5.92 Å². The molecule has 4 aliphatic rings. The van der Waals surface area contributed by atoms with Gasteiger partial charge in [0.25, 0.3) is 0 Å². The summed E-state index contributed by atoms with van der Waals surface area (Å²) in [5, 5.41) is 12.2. The van der Waals surface area contributed by atoms with Crippen LogP contribution in [0.2, 0.25) is 0 Å². The van der Waals surface area contributed by atoms with E-state index in [0.717, 1.165) is 22.3 Å². The molecule has 2 saturated heterocycles. The number of hydrogen-bond acceptors (Lipinski definition) is 5. The minimum Gasteiger partial charge on any atom is -0.481 e. The van der Waals surface area contributed by atoms with Crippen LogP contribution < -0.4 is 5.32 Å². The summed E-state index contributed by atoms with van der Waals surface area (Å²) in [7, 11) is 0. The number of amides is 2. The molecule has 0 bridgehead atoms. The van der Waals surface area contributed by atoms with Crippen LogP contribution in [0.25, 0.3) is 11.1 Å². The van der Waals surface area contributed by atoms with E-state index < -0.39 is 17.6 Å². The number of nitrogens with one attached hydrogen (secondary N) is 1. The van der Waals surface area contributed by atoms with Gasteiger partial charge in [-0.3, -0.25) is 9.59 Å².